The zero-order valence-corrected chi connectivity index (χ0v) is 14.9. The van der Waals surface area contributed by atoms with E-state index in [1.54, 1.807) is 0 Å². The topological polar surface area (TPSA) is 15.3 Å². The van der Waals surface area contributed by atoms with Crippen molar-refractivity contribution in [2.24, 2.45) is 0 Å². The Morgan fingerprint density at radius 2 is 1.95 bits per heavy atom. The van der Waals surface area contributed by atoms with Gasteiger partial charge in [0.05, 0.1) is 16.1 Å². The molecule has 1 N–H and O–H groups in total. The molecular formula is C17H20Cl2N2S. The maximum absolute atomic E-state index is 6.26. The van der Waals surface area contributed by atoms with Crippen LogP contribution >= 0.6 is 34.5 Å². The average molecular weight is 355 g/mol. The molecule has 2 aromatic rings. The summed E-state index contributed by atoms with van der Waals surface area (Å²) in [5, 5.41) is 4.72. The maximum atomic E-state index is 6.26. The molecule has 22 heavy (non-hydrogen) atoms. The van der Waals surface area contributed by atoms with Crippen molar-refractivity contribution in [2.45, 2.75) is 19.4 Å². The largest absolute Gasteiger partial charge is 0.315 e. The molecule has 0 bridgehead atoms. The fourth-order valence-electron chi connectivity index (χ4n) is 2.96. The third-order valence-corrected chi connectivity index (χ3v) is 5.82. The van der Waals surface area contributed by atoms with E-state index in [1.807, 2.05) is 23.5 Å². The lowest BCUT2D eigenvalue weighted by molar-refractivity contribution is 0.244. The number of nitrogens with one attached hydrogen (secondary N) is 1. The van der Waals surface area contributed by atoms with Crippen molar-refractivity contribution in [3.05, 3.63) is 55.7 Å². The highest BCUT2D eigenvalue weighted by atomic mass is 35.5. The smallest absolute Gasteiger partial charge is 0.0697 e. The van der Waals surface area contributed by atoms with Crippen LogP contribution < -0.4 is 5.32 Å². The van der Waals surface area contributed by atoms with Crippen LogP contribution in [0.4, 0.5) is 0 Å². The van der Waals surface area contributed by atoms with Crippen molar-refractivity contribution in [2.75, 3.05) is 26.2 Å². The van der Waals surface area contributed by atoms with Crippen LogP contribution in [0, 0.1) is 6.92 Å². The first kappa shape index (κ1) is 16.3. The van der Waals surface area contributed by atoms with Crippen molar-refractivity contribution in [1.82, 2.24) is 10.2 Å². The Morgan fingerprint density at radius 1 is 1.09 bits per heavy atom. The second-order valence-electron chi connectivity index (χ2n) is 5.66. The van der Waals surface area contributed by atoms with E-state index in [0.29, 0.717) is 10.0 Å². The first-order chi connectivity index (χ1) is 10.6. The molecule has 1 aromatic carbocycles. The summed E-state index contributed by atoms with van der Waals surface area (Å²) >= 11 is 14.2. The zero-order chi connectivity index (χ0) is 15.5. The average Bonchev–Trinajstić information content (AvgIpc) is 2.75. The molecule has 2 nitrogen and oxygen atoms in total. The molecule has 118 valence electrons. The van der Waals surface area contributed by atoms with Gasteiger partial charge in [-0.3, -0.25) is 4.90 Å². The molecule has 1 atom stereocenters. The van der Waals surface area contributed by atoms with Crippen LogP contribution in [-0.4, -0.2) is 31.1 Å². The highest BCUT2D eigenvalue weighted by molar-refractivity contribution is 7.12. The van der Waals surface area contributed by atoms with E-state index in [9.17, 15) is 0 Å². The summed E-state index contributed by atoms with van der Waals surface area (Å²) in [4.78, 5) is 5.26. The highest BCUT2D eigenvalue weighted by Crippen LogP contribution is 2.36. The quantitative estimate of drug-likeness (QED) is 0.855. The fourth-order valence-corrected chi connectivity index (χ4v) is 4.31. The molecule has 0 radical (unpaired) electrons. The van der Waals surface area contributed by atoms with Gasteiger partial charge >= 0.3 is 0 Å². The van der Waals surface area contributed by atoms with Crippen LogP contribution in [0.25, 0.3) is 0 Å². The molecular weight excluding hydrogens is 335 g/mol. The number of rotatable bonds is 3. The highest BCUT2D eigenvalue weighted by Gasteiger charge is 2.25. The molecule has 1 unspecified atom stereocenters. The van der Waals surface area contributed by atoms with E-state index in [0.717, 1.165) is 26.2 Å². The third-order valence-electron chi connectivity index (χ3n) is 4.03. The number of benzene rings is 1. The SMILES string of the molecule is Cc1ccc(C(c2ccc(Cl)c(Cl)c2)N2CCCNCC2)s1. The Morgan fingerprint density at radius 3 is 2.68 bits per heavy atom. The minimum Gasteiger partial charge on any atom is -0.315 e. The summed E-state index contributed by atoms with van der Waals surface area (Å²) in [6.07, 6.45) is 1.17. The van der Waals surface area contributed by atoms with Gasteiger partial charge in [0.2, 0.25) is 0 Å². The van der Waals surface area contributed by atoms with Gasteiger partial charge in [-0.1, -0.05) is 29.3 Å². The molecule has 0 spiro atoms. The molecule has 1 aliphatic heterocycles. The van der Waals surface area contributed by atoms with Gasteiger partial charge in [0, 0.05) is 29.4 Å². The van der Waals surface area contributed by atoms with E-state index in [-0.39, 0.29) is 6.04 Å². The van der Waals surface area contributed by atoms with Crippen LogP contribution in [0.2, 0.25) is 10.0 Å². The maximum Gasteiger partial charge on any atom is 0.0697 e. The first-order valence-corrected chi connectivity index (χ1v) is 9.18. The summed E-state index contributed by atoms with van der Waals surface area (Å²) in [5.41, 5.74) is 1.22. The van der Waals surface area contributed by atoms with E-state index >= 15 is 0 Å². The molecule has 1 aliphatic rings. The molecule has 1 saturated heterocycles. The van der Waals surface area contributed by atoms with Gasteiger partial charge in [-0.25, -0.2) is 0 Å². The monoisotopic (exact) mass is 354 g/mol. The Balaban J connectivity index is 1.99. The van der Waals surface area contributed by atoms with Crippen molar-refractivity contribution in [1.29, 1.82) is 0 Å². The number of hydrogen-bond acceptors (Lipinski definition) is 3. The van der Waals surface area contributed by atoms with Gasteiger partial charge < -0.3 is 5.32 Å². The van der Waals surface area contributed by atoms with E-state index < -0.39 is 0 Å². The summed E-state index contributed by atoms with van der Waals surface area (Å²) in [7, 11) is 0. The summed E-state index contributed by atoms with van der Waals surface area (Å²) < 4.78 is 0. The second-order valence-corrected chi connectivity index (χ2v) is 7.80. The minimum absolute atomic E-state index is 0.258. The van der Waals surface area contributed by atoms with Crippen molar-refractivity contribution >= 4 is 34.5 Å². The van der Waals surface area contributed by atoms with Crippen molar-refractivity contribution < 1.29 is 0 Å². The molecule has 2 heterocycles. The standard InChI is InChI=1S/C17H20Cl2N2S/c1-12-3-6-16(22-12)17(21-9-2-7-20-8-10-21)13-4-5-14(18)15(19)11-13/h3-6,11,17,20H,2,7-10H2,1H3. The Bertz CT molecular complexity index is 633. The predicted octanol–water partition coefficient (Wildman–Crippen LogP) is 4.75. The van der Waals surface area contributed by atoms with Crippen molar-refractivity contribution in [3.8, 4) is 0 Å². The van der Waals surface area contributed by atoms with Crippen LogP contribution in [0.5, 0.6) is 0 Å². The predicted molar refractivity (Wildman–Crippen MR) is 96.4 cm³/mol. The lowest BCUT2D eigenvalue weighted by atomic mass is 10.0. The molecule has 1 aromatic heterocycles. The second kappa shape index (κ2) is 7.33. The number of aryl methyl sites for hydroxylation is 1. The zero-order valence-electron chi connectivity index (χ0n) is 12.6. The number of thiophene rings is 1. The normalized spacial score (nSPS) is 18.1. The summed E-state index contributed by atoms with van der Waals surface area (Å²) in [6.45, 7) is 6.41. The van der Waals surface area contributed by atoms with Gasteiger partial charge in [0.25, 0.3) is 0 Å². The van der Waals surface area contributed by atoms with Crippen LogP contribution in [-0.2, 0) is 0 Å². The van der Waals surface area contributed by atoms with Crippen LogP contribution in [0.1, 0.15) is 27.8 Å². The lowest BCUT2D eigenvalue weighted by Gasteiger charge is -2.30. The third kappa shape index (κ3) is 3.66. The summed E-state index contributed by atoms with van der Waals surface area (Å²) in [5.74, 6) is 0. The van der Waals surface area contributed by atoms with Crippen molar-refractivity contribution in [3.63, 3.8) is 0 Å². The molecule has 5 heteroatoms. The Labute approximate surface area is 146 Å². The van der Waals surface area contributed by atoms with Crippen LogP contribution in [0.3, 0.4) is 0 Å². The first-order valence-electron chi connectivity index (χ1n) is 7.61. The van der Waals surface area contributed by atoms with Gasteiger partial charge in [-0.05, 0) is 49.7 Å². The van der Waals surface area contributed by atoms with Gasteiger partial charge in [-0.2, -0.15) is 0 Å². The Hall–Kier alpha value is -0.580. The van der Waals surface area contributed by atoms with E-state index in [2.05, 4.69) is 35.3 Å². The van der Waals surface area contributed by atoms with E-state index in [4.69, 9.17) is 23.2 Å². The molecule has 3 rings (SSSR count). The fraction of sp³-hybridized carbons (Fsp3) is 0.412. The van der Waals surface area contributed by atoms with E-state index in [1.165, 1.54) is 21.7 Å². The number of halogens is 2. The molecule has 1 fully saturated rings. The molecule has 0 amide bonds. The molecule has 0 saturated carbocycles. The van der Waals surface area contributed by atoms with Gasteiger partial charge in [-0.15, -0.1) is 11.3 Å². The molecule has 0 aliphatic carbocycles. The lowest BCUT2D eigenvalue weighted by Crippen LogP contribution is -2.32. The number of hydrogen-bond donors (Lipinski definition) is 1. The van der Waals surface area contributed by atoms with Gasteiger partial charge in [0.15, 0.2) is 0 Å². The Kier molecular flexibility index (Phi) is 5.42. The van der Waals surface area contributed by atoms with Crippen LogP contribution in [0.15, 0.2) is 30.3 Å². The summed E-state index contributed by atoms with van der Waals surface area (Å²) in [6, 6.07) is 10.7. The number of nitrogens with zero attached hydrogens (tertiary/aromatic N) is 1. The van der Waals surface area contributed by atoms with Gasteiger partial charge in [0.1, 0.15) is 0 Å². The minimum atomic E-state index is 0.258.